The second-order valence-electron chi connectivity index (χ2n) is 4.57. The molecule has 4 atom stereocenters. The Kier molecular flexibility index (Phi) is 1.80. The van der Waals surface area contributed by atoms with Gasteiger partial charge in [-0.05, 0) is 25.7 Å². The predicted molar refractivity (Wildman–Crippen MR) is 75.3 cm³/mol. The van der Waals surface area contributed by atoms with Crippen molar-refractivity contribution < 1.29 is 0 Å². The first-order chi connectivity index (χ1) is 5.33. The first kappa shape index (κ1) is 9.63. The van der Waals surface area contributed by atoms with Gasteiger partial charge in [0, 0.05) is 15.5 Å². The molecule has 0 spiro atoms. The molecular formula is C8H8Br2I2. The molecule has 12 heavy (non-hydrogen) atoms. The lowest BCUT2D eigenvalue weighted by Gasteiger charge is -2.29. The van der Waals surface area contributed by atoms with Crippen LogP contribution >= 0.6 is 77.0 Å². The van der Waals surface area contributed by atoms with E-state index in [4.69, 9.17) is 0 Å². The van der Waals surface area contributed by atoms with Crippen LogP contribution in [0.15, 0.2) is 0 Å². The summed E-state index contributed by atoms with van der Waals surface area (Å²) in [5, 5.41) is 0. The van der Waals surface area contributed by atoms with E-state index < -0.39 is 0 Å². The summed E-state index contributed by atoms with van der Waals surface area (Å²) in [6.07, 6.45) is 5.42. The molecule has 0 aromatic carbocycles. The van der Waals surface area contributed by atoms with Crippen LogP contribution in [-0.2, 0) is 0 Å². The third-order valence-electron chi connectivity index (χ3n) is 3.85. The summed E-state index contributed by atoms with van der Waals surface area (Å²) in [5.74, 6) is 0. The Balaban J connectivity index is 2.23. The van der Waals surface area contributed by atoms with Gasteiger partial charge in [0.1, 0.15) is 0 Å². The molecule has 4 heteroatoms. The Morgan fingerprint density at radius 2 is 1.17 bits per heavy atom. The number of halogens is 4. The zero-order valence-corrected chi connectivity index (χ0v) is 13.8. The van der Waals surface area contributed by atoms with E-state index in [0.29, 0.717) is 15.5 Å². The fourth-order valence-electron chi connectivity index (χ4n) is 3.29. The number of rotatable bonds is 0. The van der Waals surface area contributed by atoms with Crippen LogP contribution < -0.4 is 0 Å². The number of alkyl halides is 4. The van der Waals surface area contributed by atoms with E-state index in [1.165, 1.54) is 25.7 Å². The highest BCUT2D eigenvalue weighted by Gasteiger charge is 2.81. The maximum atomic E-state index is 3.98. The van der Waals surface area contributed by atoms with E-state index >= 15 is 0 Å². The molecule has 4 aliphatic carbocycles. The van der Waals surface area contributed by atoms with E-state index in [0.717, 1.165) is 0 Å². The largest absolute Gasteiger partial charge is 0.0838 e. The molecule has 0 amide bonds. The molecule has 4 rings (SSSR count). The summed E-state index contributed by atoms with van der Waals surface area (Å²) in [6.45, 7) is 0. The molecular weight excluding hydrogens is 510 g/mol. The van der Waals surface area contributed by atoms with Crippen molar-refractivity contribution in [2.75, 3.05) is 0 Å². The summed E-state index contributed by atoms with van der Waals surface area (Å²) >= 11 is 13.3. The minimum absolute atomic E-state index is 0.450. The van der Waals surface area contributed by atoms with Crippen molar-refractivity contribution in [3.63, 3.8) is 0 Å². The molecule has 4 fully saturated rings. The summed E-state index contributed by atoms with van der Waals surface area (Å²) in [7, 11) is 0. The highest BCUT2D eigenvalue weighted by molar-refractivity contribution is 14.1. The molecule has 0 aromatic rings. The molecule has 0 saturated heterocycles. The van der Waals surface area contributed by atoms with Crippen LogP contribution in [0.25, 0.3) is 0 Å². The van der Waals surface area contributed by atoms with E-state index in [1.54, 1.807) is 0 Å². The normalized spacial score (nSPS) is 73.0. The van der Waals surface area contributed by atoms with Gasteiger partial charge in [-0.3, -0.25) is 0 Å². The Morgan fingerprint density at radius 1 is 0.750 bits per heavy atom. The lowest BCUT2D eigenvalue weighted by Crippen LogP contribution is -2.33. The second-order valence-corrected chi connectivity index (χ2v) is 11.7. The molecule has 0 N–H and O–H groups in total. The van der Waals surface area contributed by atoms with Crippen molar-refractivity contribution in [1.29, 1.82) is 0 Å². The number of hydrogen-bond acceptors (Lipinski definition) is 0. The fraction of sp³-hybridized carbons (Fsp3) is 1.00. The van der Waals surface area contributed by atoms with Crippen molar-refractivity contribution in [2.24, 2.45) is 0 Å². The fourth-order valence-corrected chi connectivity index (χ4v) is 11.3. The summed E-state index contributed by atoms with van der Waals surface area (Å²) in [4.78, 5) is 0. The van der Waals surface area contributed by atoms with Crippen LogP contribution in [0.4, 0.5) is 0 Å². The first-order valence-corrected chi connectivity index (χ1v) is 7.83. The van der Waals surface area contributed by atoms with Crippen LogP contribution in [0.3, 0.4) is 0 Å². The molecule has 0 aliphatic heterocycles. The maximum Gasteiger partial charge on any atom is 0.0431 e. The predicted octanol–water partition coefficient (Wildman–Crippen LogP) is 4.20. The van der Waals surface area contributed by atoms with Crippen LogP contribution in [0.1, 0.15) is 25.7 Å². The number of hydrogen-bond donors (Lipinski definition) is 0. The highest BCUT2D eigenvalue weighted by atomic mass is 127. The lowest BCUT2D eigenvalue weighted by molar-refractivity contribution is 0.590. The zero-order chi connectivity index (χ0) is 8.83. The van der Waals surface area contributed by atoms with Crippen molar-refractivity contribution in [1.82, 2.24) is 0 Å². The van der Waals surface area contributed by atoms with Gasteiger partial charge in [0.15, 0.2) is 0 Å². The molecule has 0 unspecified atom stereocenters. The molecule has 0 nitrogen and oxygen atoms in total. The third-order valence-corrected chi connectivity index (χ3v) is 11.6. The minimum Gasteiger partial charge on any atom is -0.0838 e. The van der Waals surface area contributed by atoms with Gasteiger partial charge < -0.3 is 0 Å². The maximum absolute atomic E-state index is 3.98. The van der Waals surface area contributed by atoms with Gasteiger partial charge in [-0.25, -0.2) is 0 Å². The van der Waals surface area contributed by atoms with Crippen molar-refractivity contribution in [3.05, 3.63) is 0 Å². The Bertz CT molecular complexity index is 212. The molecule has 0 aromatic heterocycles. The van der Waals surface area contributed by atoms with Gasteiger partial charge in [0.25, 0.3) is 0 Å². The summed E-state index contributed by atoms with van der Waals surface area (Å²) in [5.41, 5.74) is 0. The monoisotopic (exact) mass is 516 g/mol. The van der Waals surface area contributed by atoms with E-state index in [-0.39, 0.29) is 0 Å². The average Bonchev–Trinajstić information content (AvgIpc) is 2.19. The van der Waals surface area contributed by atoms with Gasteiger partial charge in [-0.15, -0.1) is 0 Å². The van der Waals surface area contributed by atoms with Gasteiger partial charge >= 0.3 is 0 Å². The van der Waals surface area contributed by atoms with Gasteiger partial charge in [0.2, 0.25) is 0 Å². The Hall–Kier alpha value is 2.42. The van der Waals surface area contributed by atoms with Gasteiger partial charge in [0.05, 0.1) is 0 Å². The van der Waals surface area contributed by atoms with Crippen LogP contribution in [0, 0.1) is 0 Å². The van der Waals surface area contributed by atoms with Crippen molar-refractivity contribution in [2.45, 2.75) is 41.2 Å². The van der Waals surface area contributed by atoms with Crippen LogP contribution in [-0.4, -0.2) is 15.5 Å². The highest BCUT2D eigenvalue weighted by Crippen LogP contribution is 2.82. The molecule has 68 valence electrons. The van der Waals surface area contributed by atoms with Crippen molar-refractivity contribution >= 4 is 77.0 Å². The quantitative estimate of drug-likeness (QED) is 0.334. The zero-order valence-electron chi connectivity index (χ0n) is 6.34. The Morgan fingerprint density at radius 3 is 1.25 bits per heavy atom. The van der Waals surface area contributed by atoms with Crippen LogP contribution in [0.5, 0.6) is 0 Å². The standard InChI is InChI=1S/C8H8Br2I2/c9-5-1-6(10)3-8(5,12)4-7(6,11)2-5/h1-4H2/t5-,6-,7+,8+/m1/s1. The second kappa shape index (κ2) is 2.24. The average molecular weight is 518 g/mol. The van der Waals surface area contributed by atoms with E-state index in [9.17, 15) is 0 Å². The van der Waals surface area contributed by atoms with Crippen molar-refractivity contribution in [3.8, 4) is 0 Å². The molecule has 0 heterocycles. The summed E-state index contributed by atoms with van der Waals surface area (Å²) < 4.78 is 1.97. The molecule has 4 bridgehead atoms. The molecule has 4 aliphatic rings. The topological polar surface area (TPSA) is 0 Å². The summed E-state index contributed by atoms with van der Waals surface area (Å²) in [6, 6.07) is 0. The third kappa shape index (κ3) is 0.821. The minimum atomic E-state index is 0.450. The Labute approximate surface area is 117 Å². The molecule has 4 saturated carbocycles. The van der Waals surface area contributed by atoms with Gasteiger partial charge in [-0.1, -0.05) is 77.0 Å². The van der Waals surface area contributed by atoms with Gasteiger partial charge in [-0.2, -0.15) is 0 Å². The SMILES string of the molecule is Br[C@@]12C[C@@]3(Br)C[C@]1(I)C[C@@]3(I)C2. The van der Waals surface area contributed by atoms with E-state index in [1.807, 2.05) is 0 Å². The lowest BCUT2D eigenvalue weighted by atomic mass is 10.0. The van der Waals surface area contributed by atoms with E-state index in [2.05, 4.69) is 77.0 Å². The first-order valence-electron chi connectivity index (χ1n) is 4.08. The van der Waals surface area contributed by atoms with Crippen LogP contribution in [0.2, 0.25) is 0 Å². The smallest absolute Gasteiger partial charge is 0.0431 e. The molecule has 0 radical (unpaired) electrons.